The first-order valence-corrected chi connectivity index (χ1v) is 10.8. The molecule has 3 N–H and O–H groups in total. The summed E-state index contributed by atoms with van der Waals surface area (Å²) < 4.78 is 7.63. The molecule has 3 heterocycles. The number of ether oxygens (including phenoxy) is 1. The molecular weight excluding hydrogens is 410 g/mol. The van der Waals surface area contributed by atoms with E-state index in [-0.39, 0.29) is 5.75 Å². The largest absolute Gasteiger partial charge is 0.489 e. The Hall–Kier alpha value is -3.37. The molecule has 10 nitrogen and oxygen atoms in total. The first-order chi connectivity index (χ1) is 15.7. The number of nitrogens with one attached hydrogen (secondary N) is 2. The Morgan fingerprint density at radius 3 is 2.78 bits per heavy atom. The molecule has 1 aliphatic rings. The molecule has 32 heavy (non-hydrogen) atoms. The van der Waals surface area contributed by atoms with E-state index in [4.69, 9.17) is 4.74 Å². The highest BCUT2D eigenvalue weighted by Crippen LogP contribution is 2.31. The summed E-state index contributed by atoms with van der Waals surface area (Å²) >= 11 is 0. The molecule has 0 bridgehead atoms. The third-order valence-electron chi connectivity index (χ3n) is 5.25. The van der Waals surface area contributed by atoms with Crippen LogP contribution in [0, 0.1) is 0 Å². The highest BCUT2D eigenvalue weighted by Gasteiger charge is 2.12. The summed E-state index contributed by atoms with van der Waals surface area (Å²) in [5, 5.41) is 19.9. The molecule has 4 rings (SSSR count). The average molecular weight is 440 g/mol. The fourth-order valence-electron chi connectivity index (χ4n) is 3.64. The molecule has 10 heteroatoms. The molecule has 0 unspecified atom stereocenters. The lowest BCUT2D eigenvalue weighted by atomic mass is 10.2. The van der Waals surface area contributed by atoms with Gasteiger partial charge in [-0.05, 0) is 56.6 Å². The van der Waals surface area contributed by atoms with Crippen molar-refractivity contribution < 1.29 is 14.9 Å². The molecule has 0 atom stereocenters. The van der Waals surface area contributed by atoms with Crippen molar-refractivity contribution in [1.29, 1.82) is 0 Å². The van der Waals surface area contributed by atoms with Crippen molar-refractivity contribution in [2.24, 2.45) is 7.05 Å². The van der Waals surface area contributed by atoms with E-state index in [9.17, 15) is 5.26 Å². The van der Waals surface area contributed by atoms with E-state index in [0.29, 0.717) is 30.7 Å². The molecule has 3 aromatic rings. The van der Waals surface area contributed by atoms with Crippen molar-refractivity contribution in [2.45, 2.75) is 25.8 Å². The zero-order chi connectivity index (χ0) is 22.2. The number of hydrogen-bond donors (Lipinski definition) is 3. The van der Waals surface area contributed by atoms with Gasteiger partial charge in [-0.15, -0.1) is 0 Å². The number of aromatic nitrogens is 4. The van der Waals surface area contributed by atoms with Gasteiger partial charge < -0.3 is 25.2 Å². The number of nitrogens with zero attached hydrogens (tertiary/aromatic N) is 5. The van der Waals surface area contributed by atoms with E-state index in [2.05, 4.69) is 35.5 Å². The van der Waals surface area contributed by atoms with Gasteiger partial charge in [0.05, 0.1) is 18.8 Å². The number of benzene rings is 1. The van der Waals surface area contributed by atoms with E-state index in [1.807, 2.05) is 19.3 Å². The van der Waals surface area contributed by atoms with Crippen LogP contribution in [0.3, 0.4) is 0 Å². The molecule has 0 amide bonds. The fourth-order valence-corrected chi connectivity index (χ4v) is 3.64. The third kappa shape index (κ3) is 6.08. The number of likely N-dealkylation sites (tertiary alicyclic amines) is 1. The Morgan fingerprint density at radius 1 is 1.12 bits per heavy atom. The maximum atomic E-state index is 9.17. The molecule has 0 aliphatic carbocycles. The number of hydrogen-bond acceptors (Lipinski definition) is 9. The fraction of sp³-hybridized carbons (Fsp3) is 0.409. The lowest BCUT2D eigenvalue weighted by Gasteiger charge is -2.15. The van der Waals surface area contributed by atoms with E-state index in [1.165, 1.54) is 25.9 Å². The number of rotatable bonds is 11. The topological polar surface area (TPSA) is 110 Å². The van der Waals surface area contributed by atoms with E-state index < -0.39 is 0 Å². The quantitative estimate of drug-likeness (QED) is 0.235. The minimum Gasteiger partial charge on any atom is -0.489 e. The Labute approximate surface area is 187 Å². The van der Waals surface area contributed by atoms with Gasteiger partial charge in [0.2, 0.25) is 11.7 Å². The maximum Gasteiger partial charge on any atom is 0.229 e. The van der Waals surface area contributed by atoms with Crippen molar-refractivity contribution in [3.8, 4) is 11.5 Å². The average Bonchev–Trinajstić information content (AvgIpc) is 3.47. The van der Waals surface area contributed by atoms with Crippen LogP contribution < -0.4 is 20.3 Å². The van der Waals surface area contributed by atoms with Gasteiger partial charge in [-0.25, -0.2) is 10.2 Å². The van der Waals surface area contributed by atoms with Crippen LogP contribution in [0.25, 0.3) is 0 Å². The molecule has 0 saturated carbocycles. The predicted octanol–water partition coefficient (Wildman–Crippen LogP) is 3.28. The van der Waals surface area contributed by atoms with Gasteiger partial charge in [-0.1, -0.05) is 0 Å². The van der Waals surface area contributed by atoms with Crippen molar-refractivity contribution >= 4 is 17.5 Å². The molecule has 0 spiro atoms. The first kappa shape index (κ1) is 21.8. The van der Waals surface area contributed by atoms with Crippen LogP contribution in [-0.2, 0) is 13.6 Å². The van der Waals surface area contributed by atoms with Crippen LogP contribution >= 0.6 is 0 Å². The molecule has 1 fully saturated rings. The molecule has 1 saturated heterocycles. The summed E-state index contributed by atoms with van der Waals surface area (Å²) in [5.41, 5.74) is 1.65. The van der Waals surface area contributed by atoms with Crippen LogP contribution in [0.2, 0.25) is 0 Å². The summed E-state index contributed by atoms with van der Waals surface area (Å²) in [4.78, 5) is 15.7. The second-order valence-electron chi connectivity index (χ2n) is 7.73. The van der Waals surface area contributed by atoms with Crippen LogP contribution in [0.15, 0.2) is 42.7 Å². The van der Waals surface area contributed by atoms with Gasteiger partial charge in [0.1, 0.15) is 5.82 Å². The first-order valence-electron chi connectivity index (χ1n) is 10.8. The Bertz CT molecular complexity index is 1000. The van der Waals surface area contributed by atoms with E-state index in [0.717, 1.165) is 24.3 Å². The van der Waals surface area contributed by atoms with E-state index >= 15 is 0 Å². The third-order valence-corrected chi connectivity index (χ3v) is 5.25. The van der Waals surface area contributed by atoms with Gasteiger partial charge in [-0.3, -0.25) is 4.68 Å². The maximum absolute atomic E-state index is 9.17. The standard InChI is InChI=1S/C22H29N7O3/c1-28-13-8-18(27-28)16-24-21-7-9-23-22(26-21)25-17-5-6-19(32-30)20(15-17)31-14-4-12-29-10-2-3-11-29/h5-9,13,15,30H,2-4,10-12,14,16H2,1H3,(H2,23,24,25,26). The second kappa shape index (κ2) is 10.8. The molecule has 170 valence electrons. The molecule has 1 aliphatic heterocycles. The lowest BCUT2D eigenvalue weighted by molar-refractivity contribution is -0.139. The Balaban J connectivity index is 1.34. The molecule has 1 aromatic carbocycles. The zero-order valence-corrected chi connectivity index (χ0v) is 18.2. The van der Waals surface area contributed by atoms with Crippen LogP contribution in [0.5, 0.6) is 11.5 Å². The van der Waals surface area contributed by atoms with Gasteiger partial charge in [0, 0.05) is 37.7 Å². The SMILES string of the molecule is Cn1ccc(CNc2ccnc(Nc3ccc(OO)c(OCCCN4CCCC4)c3)n2)n1. The summed E-state index contributed by atoms with van der Waals surface area (Å²) in [6.45, 7) is 4.45. The normalized spacial score (nSPS) is 13.8. The number of aryl methyl sites for hydroxylation is 1. The number of anilines is 3. The Kier molecular flexibility index (Phi) is 7.36. The van der Waals surface area contributed by atoms with Gasteiger partial charge in [0.15, 0.2) is 5.75 Å². The molecule has 2 aromatic heterocycles. The van der Waals surface area contributed by atoms with Crippen LogP contribution in [0.4, 0.5) is 17.5 Å². The van der Waals surface area contributed by atoms with Crippen molar-refractivity contribution in [3.05, 3.63) is 48.4 Å². The van der Waals surface area contributed by atoms with Crippen molar-refractivity contribution in [1.82, 2.24) is 24.6 Å². The highest BCUT2D eigenvalue weighted by molar-refractivity contribution is 5.60. The smallest absolute Gasteiger partial charge is 0.229 e. The van der Waals surface area contributed by atoms with Crippen LogP contribution in [0.1, 0.15) is 25.0 Å². The summed E-state index contributed by atoms with van der Waals surface area (Å²) in [7, 11) is 1.88. The Morgan fingerprint density at radius 2 is 2.00 bits per heavy atom. The summed E-state index contributed by atoms with van der Waals surface area (Å²) in [5.74, 6) is 1.85. The van der Waals surface area contributed by atoms with E-state index in [1.54, 1.807) is 35.1 Å². The second-order valence-corrected chi connectivity index (χ2v) is 7.73. The summed E-state index contributed by atoms with van der Waals surface area (Å²) in [6.07, 6.45) is 7.04. The minimum atomic E-state index is 0.267. The summed E-state index contributed by atoms with van der Waals surface area (Å²) in [6, 6.07) is 8.91. The molecule has 0 radical (unpaired) electrons. The highest BCUT2D eigenvalue weighted by atomic mass is 17.1. The van der Waals surface area contributed by atoms with Gasteiger partial charge >= 0.3 is 0 Å². The monoisotopic (exact) mass is 439 g/mol. The zero-order valence-electron chi connectivity index (χ0n) is 18.2. The molecular formula is C22H29N7O3. The minimum absolute atomic E-state index is 0.267. The van der Waals surface area contributed by atoms with Gasteiger partial charge in [-0.2, -0.15) is 10.1 Å². The lowest BCUT2D eigenvalue weighted by Crippen LogP contribution is -2.21. The van der Waals surface area contributed by atoms with Gasteiger partial charge in [0.25, 0.3) is 0 Å². The van der Waals surface area contributed by atoms with Crippen molar-refractivity contribution in [3.63, 3.8) is 0 Å². The predicted molar refractivity (Wildman–Crippen MR) is 121 cm³/mol. The van der Waals surface area contributed by atoms with Crippen molar-refractivity contribution in [2.75, 3.05) is 36.9 Å². The van der Waals surface area contributed by atoms with Crippen LogP contribution in [-0.4, -0.2) is 56.1 Å².